The summed E-state index contributed by atoms with van der Waals surface area (Å²) >= 11 is 0. The van der Waals surface area contributed by atoms with Crippen LogP contribution in [0.15, 0.2) is 11.6 Å². The topological polar surface area (TPSA) is 17.1 Å². The molecule has 2 heteroatoms. The Labute approximate surface area is 94.0 Å². The minimum absolute atomic E-state index is 0.131. The van der Waals surface area contributed by atoms with E-state index in [1.165, 1.54) is 0 Å². The zero-order valence-corrected chi connectivity index (χ0v) is 11.4. The molecule has 0 saturated heterocycles. The van der Waals surface area contributed by atoms with Gasteiger partial charge in [0.15, 0.2) is 0 Å². The Bertz CT molecular complexity index is 356. The van der Waals surface area contributed by atoms with Gasteiger partial charge in [-0.2, -0.15) is 0 Å². The molecule has 82 valence electrons. The molecule has 15 heavy (non-hydrogen) atoms. The maximum absolute atomic E-state index is 11.4. The van der Waals surface area contributed by atoms with Crippen LogP contribution in [0.4, 0.5) is 0 Å². The van der Waals surface area contributed by atoms with Crippen molar-refractivity contribution < 1.29 is 4.79 Å². The van der Waals surface area contributed by atoms with Gasteiger partial charge in [0.05, 0.1) is 5.41 Å². The molecule has 1 fully saturated rings. The fourth-order valence-corrected chi connectivity index (χ4v) is 2.15. The third-order valence-corrected chi connectivity index (χ3v) is 3.81. The monoisotopic (exact) mass is 220 g/mol. The Morgan fingerprint density at radius 3 is 2.13 bits per heavy atom. The van der Waals surface area contributed by atoms with Crippen molar-refractivity contribution in [1.82, 2.24) is 0 Å². The summed E-state index contributed by atoms with van der Waals surface area (Å²) in [4.78, 5) is 11.4. The molecule has 0 bridgehead atoms. The lowest BCUT2D eigenvalue weighted by Gasteiger charge is -2.10. The van der Waals surface area contributed by atoms with Crippen LogP contribution in [0, 0.1) is 16.9 Å². The molecule has 1 aliphatic rings. The van der Waals surface area contributed by atoms with E-state index in [9.17, 15) is 4.79 Å². The summed E-state index contributed by atoms with van der Waals surface area (Å²) in [5, 5.41) is 0. The number of Topliss-reactive ketones (excluding diaryl/α,β-unsaturated/α-hetero) is 1. The number of rotatable bonds is 2. The van der Waals surface area contributed by atoms with Gasteiger partial charge in [-0.05, 0) is 32.8 Å². The lowest BCUT2D eigenvalue weighted by atomic mass is 9.93. The number of carbonyl (C=O) groups excluding carboxylic acids is 1. The first kappa shape index (κ1) is 12.3. The molecule has 0 aromatic carbocycles. The first-order valence-corrected chi connectivity index (χ1v) is 8.99. The molecular formula is C13H20OSi. The molecule has 0 aromatic heterocycles. The van der Waals surface area contributed by atoms with Gasteiger partial charge in [-0.15, -0.1) is 5.54 Å². The highest BCUT2D eigenvalue weighted by molar-refractivity contribution is 6.83. The Hall–Kier alpha value is -0.813. The average Bonchev–Trinajstić information content (AvgIpc) is 2.80. The normalized spacial score (nSPS) is 19.1. The highest BCUT2D eigenvalue weighted by Gasteiger charge is 2.48. The molecule has 1 saturated carbocycles. The van der Waals surface area contributed by atoms with Crippen LogP contribution >= 0.6 is 0 Å². The summed E-state index contributed by atoms with van der Waals surface area (Å²) in [6.45, 7) is 10.4. The summed E-state index contributed by atoms with van der Waals surface area (Å²) < 4.78 is 0. The van der Waals surface area contributed by atoms with Crippen molar-refractivity contribution in [2.45, 2.75) is 46.3 Å². The smallest absolute Gasteiger partial charge is 0.140 e. The van der Waals surface area contributed by atoms with Crippen LogP contribution in [0.3, 0.4) is 0 Å². The average molecular weight is 220 g/mol. The van der Waals surface area contributed by atoms with Gasteiger partial charge in [-0.1, -0.05) is 31.1 Å². The van der Waals surface area contributed by atoms with E-state index >= 15 is 0 Å². The van der Waals surface area contributed by atoms with E-state index in [-0.39, 0.29) is 5.41 Å². The molecule has 0 unspecified atom stereocenters. The molecule has 0 N–H and O–H groups in total. The van der Waals surface area contributed by atoms with E-state index in [0.717, 1.165) is 18.4 Å². The largest absolute Gasteiger partial charge is 0.299 e. The number of allylic oxidation sites excluding steroid dienone is 2. The molecule has 0 aromatic rings. The molecule has 0 aliphatic heterocycles. The first-order chi connectivity index (χ1) is 6.78. The van der Waals surface area contributed by atoms with Gasteiger partial charge in [-0.3, -0.25) is 4.79 Å². The second-order valence-electron chi connectivity index (χ2n) is 5.48. The molecule has 1 nitrogen and oxygen atoms in total. The second-order valence-corrected chi connectivity index (χ2v) is 10.2. The van der Waals surface area contributed by atoms with Crippen molar-refractivity contribution in [3.8, 4) is 11.5 Å². The van der Waals surface area contributed by atoms with E-state index < -0.39 is 8.07 Å². The van der Waals surface area contributed by atoms with Crippen LogP contribution < -0.4 is 0 Å². The predicted octanol–water partition coefficient (Wildman–Crippen LogP) is 3.18. The molecule has 1 rings (SSSR count). The molecule has 0 spiro atoms. The fraction of sp³-hybridized carbons (Fsp3) is 0.615. The van der Waals surface area contributed by atoms with Crippen LogP contribution in [0.5, 0.6) is 0 Å². The van der Waals surface area contributed by atoms with Crippen molar-refractivity contribution in [1.29, 1.82) is 0 Å². The van der Waals surface area contributed by atoms with Crippen LogP contribution in [0.1, 0.15) is 26.7 Å². The van der Waals surface area contributed by atoms with Crippen LogP contribution in [0.25, 0.3) is 0 Å². The Kier molecular flexibility index (Phi) is 3.25. The number of hydrogen-bond donors (Lipinski definition) is 0. The summed E-state index contributed by atoms with van der Waals surface area (Å²) in [5.41, 5.74) is 4.32. The highest BCUT2D eigenvalue weighted by atomic mass is 28.3. The summed E-state index contributed by atoms with van der Waals surface area (Å²) in [6.07, 6.45) is 3.98. The summed E-state index contributed by atoms with van der Waals surface area (Å²) in [7, 11) is -1.28. The van der Waals surface area contributed by atoms with E-state index in [1.807, 2.05) is 13.0 Å². The summed E-state index contributed by atoms with van der Waals surface area (Å²) in [5.74, 6) is 3.42. The third-order valence-electron chi connectivity index (χ3n) is 2.91. The van der Waals surface area contributed by atoms with E-state index in [1.54, 1.807) is 6.92 Å². The lowest BCUT2D eigenvalue weighted by molar-refractivity contribution is -0.120. The zero-order valence-electron chi connectivity index (χ0n) is 10.4. The minimum Gasteiger partial charge on any atom is -0.299 e. The van der Waals surface area contributed by atoms with Gasteiger partial charge in [0.25, 0.3) is 0 Å². The lowest BCUT2D eigenvalue weighted by Crippen LogP contribution is -2.16. The Morgan fingerprint density at radius 1 is 1.27 bits per heavy atom. The third kappa shape index (κ3) is 3.07. The van der Waals surface area contributed by atoms with Crippen LogP contribution in [-0.4, -0.2) is 13.9 Å². The summed E-state index contributed by atoms with van der Waals surface area (Å²) in [6, 6.07) is 0. The maximum atomic E-state index is 11.4. The van der Waals surface area contributed by atoms with Gasteiger partial charge in [0.2, 0.25) is 0 Å². The molecule has 0 amide bonds. The number of carbonyl (C=O) groups is 1. The van der Waals surface area contributed by atoms with E-state index in [0.29, 0.717) is 5.78 Å². The highest BCUT2D eigenvalue weighted by Crippen LogP contribution is 2.52. The molecule has 0 atom stereocenters. The van der Waals surface area contributed by atoms with Crippen molar-refractivity contribution in [3.05, 3.63) is 11.6 Å². The molecule has 0 radical (unpaired) electrons. The Balaban J connectivity index is 2.77. The number of hydrogen-bond acceptors (Lipinski definition) is 1. The van der Waals surface area contributed by atoms with Crippen molar-refractivity contribution in [2.24, 2.45) is 5.41 Å². The van der Waals surface area contributed by atoms with Gasteiger partial charge >= 0.3 is 0 Å². The SMILES string of the molecule is CC(=O)C1(/C(C)=C/C#C[Si](C)(C)C)CC1. The van der Waals surface area contributed by atoms with Crippen molar-refractivity contribution in [2.75, 3.05) is 0 Å². The molecular weight excluding hydrogens is 200 g/mol. The molecule has 1 aliphatic carbocycles. The van der Waals surface area contributed by atoms with Crippen LogP contribution in [-0.2, 0) is 4.79 Å². The number of ketones is 1. The van der Waals surface area contributed by atoms with Crippen molar-refractivity contribution >= 4 is 13.9 Å². The second kappa shape index (κ2) is 3.98. The van der Waals surface area contributed by atoms with Gasteiger partial charge in [0, 0.05) is 0 Å². The quantitative estimate of drug-likeness (QED) is 0.516. The van der Waals surface area contributed by atoms with Gasteiger partial charge in [-0.25, -0.2) is 0 Å². The molecule has 0 heterocycles. The van der Waals surface area contributed by atoms with Crippen molar-refractivity contribution in [3.63, 3.8) is 0 Å². The van der Waals surface area contributed by atoms with Gasteiger partial charge in [0.1, 0.15) is 13.9 Å². The fourth-order valence-electron chi connectivity index (χ4n) is 1.65. The van der Waals surface area contributed by atoms with Crippen LogP contribution in [0.2, 0.25) is 19.6 Å². The minimum atomic E-state index is -1.28. The standard InChI is InChI=1S/C13H20OSi/c1-11(7-6-10-15(3,4)5)13(8-9-13)12(2)14/h7H,8-9H2,1-5H3/b11-7+. The maximum Gasteiger partial charge on any atom is 0.140 e. The van der Waals surface area contributed by atoms with E-state index in [4.69, 9.17) is 0 Å². The van der Waals surface area contributed by atoms with E-state index in [2.05, 4.69) is 31.1 Å². The Morgan fingerprint density at radius 2 is 1.80 bits per heavy atom. The zero-order chi connectivity index (χ0) is 11.7. The first-order valence-electron chi connectivity index (χ1n) is 5.49. The predicted molar refractivity (Wildman–Crippen MR) is 67.2 cm³/mol. The van der Waals surface area contributed by atoms with Gasteiger partial charge < -0.3 is 0 Å².